The number of amides is 1. The van der Waals surface area contributed by atoms with Gasteiger partial charge in [-0.2, -0.15) is 10.2 Å². The predicted octanol–water partition coefficient (Wildman–Crippen LogP) is 6.87. The van der Waals surface area contributed by atoms with Crippen LogP contribution in [0.5, 0.6) is 17.2 Å². The number of hydrogen-bond donors (Lipinski definition) is 1. The van der Waals surface area contributed by atoms with Crippen LogP contribution in [0, 0.1) is 0 Å². The largest absolute Gasteiger partial charge is 0.490 e. The highest BCUT2D eigenvalue weighted by Crippen LogP contribution is 2.35. The summed E-state index contributed by atoms with van der Waals surface area (Å²) in [5.41, 5.74) is 1.56. The van der Waals surface area contributed by atoms with Crippen LogP contribution in [0.15, 0.2) is 73.2 Å². The first kappa shape index (κ1) is 28.4. The van der Waals surface area contributed by atoms with E-state index in [1.165, 1.54) is 4.80 Å². The van der Waals surface area contributed by atoms with Crippen molar-refractivity contribution in [3.05, 3.63) is 89.3 Å². The Balaban J connectivity index is 1.15. The summed E-state index contributed by atoms with van der Waals surface area (Å²) in [7, 11) is 0. The molecular weight excluding hydrogens is 542 g/mol. The Hall–Kier alpha value is -4.11. The molecule has 0 saturated heterocycles. The first-order chi connectivity index (χ1) is 19.5. The average Bonchev–Trinajstić information content (AvgIpc) is 3.42. The van der Waals surface area contributed by atoms with Gasteiger partial charge in [0, 0.05) is 30.4 Å². The summed E-state index contributed by atoms with van der Waals surface area (Å²) < 4.78 is 17.4. The molecule has 1 amide bonds. The quantitative estimate of drug-likeness (QED) is 0.245. The van der Waals surface area contributed by atoms with Gasteiger partial charge in [0.25, 0.3) is 0 Å². The summed E-state index contributed by atoms with van der Waals surface area (Å²) in [6.45, 7) is 9.93. The van der Waals surface area contributed by atoms with E-state index >= 15 is 0 Å². The molecular formula is C31H34ClN5O4. The molecule has 2 heterocycles. The van der Waals surface area contributed by atoms with Crippen LogP contribution in [0.3, 0.4) is 0 Å². The molecule has 1 aliphatic rings. The molecule has 0 radical (unpaired) electrons. The summed E-state index contributed by atoms with van der Waals surface area (Å²) in [5, 5.41) is 11.4. The van der Waals surface area contributed by atoms with Gasteiger partial charge in [0.15, 0.2) is 5.82 Å². The maximum absolute atomic E-state index is 11.9. The highest BCUT2D eigenvalue weighted by Gasteiger charge is 2.33. The number of pyridine rings is 1. The van der Waals surface area contributed by atoms with Crippen molar-refractivity contribution in [3.63, 3.8) is 0 Å². The molecule has 9 nitrogen and oxygen atoms in total. The molecule has 0 atom stereocenters. The van der Waals surface area contributed by atoms with Crippen molar-refractivity contribution in [2.24, 2.45) is 0 Å². The van der Waals surface area contributed by atoms with Crippen molar-refractivity contribution in [1.82, 2.24) is 25.3 Å². The normalized spacial score (nSPS) is 16.9. The van der Waals surface area contributed by atoms with Crippen molar-refractivity contribution >= 4 is 17.7 Å². The summed E-state index contributed by atoms with van der Waals surface area (Å²) >= 11 is 6.36. The van der Waals surface area contributed by atoms with Crippen LogP contribution in [-0.4, -0.2) is 43.8 Å². The molecule has 2 aromatic carbocycles. The second-order valence-electron chi connectivity index (χ2n) is 11.6. The van der Waals surface area contributed by atoms with Gasteiger partial charge >= 0.3 is 6.09 Å². The van der Waals surface area contributed by atoms with Gasteiger partial charge in [-0.15, -0.1) is 4.80 Å². The molecule has 4 aromatic rings. The van der Waals surface area contributed by atoms with Gasteiger partial charge in [-0.05, 0) is 56.2 Å². The lowest BCUT2D eigenvalue weighted by Crippen LogP contribution is -2.50. The standard InChI is InChI=1S/C31H34ClN5O4/c1-30(2,3)41-29(38)36-22-16-25(17-22)39-23-10-6-20(7-11-23)31(4,5)21-8-12-24(13-9-21)40-26-18-27(32)28(33-19-26)37-34-14-15-35-37/h6-15,18-19,22,25H,16-17H2,1-5H3,(H,36,38). The number of aromatic nitrogens is 4. The minimum Gasteiger partial charge on any atom is -0.490 e. The van der Waals surface area contributed by atoms with E-state index in [9.17, 15) is 4.79 Å². The lowest BCUT2D eigenvalue weighted by molar-refractivity contribution is 0.0363. The molecule has 1 saturated carbocycles. The van der Waals surface area contributed by atoms with Crippen LogP contribution in [-0.2, 0) is 10.2 Å². The van der Waals surface area contributed by atoms with Crippen LogP contribution in [0.25, 0.3) is 5.82 Å². The van der Waals surface area contributed by atoms with Gasteiger partial charge in [0.05, 0.1) is 23.6 Å². The number of alkyl carbamates (subject to hydrolysis) is 1. The van der Waals surface area contributed by atoms with Crippen molar-refractivity contribution < 1.29 is 19.0 Å². The molecule has 1 aliphatic carbocycles. The molecule has 41 heavy (non-hydrogen) atoms. The Labute approximate surface area is 244 Å². The van der Waals surface area contributed by atoms with E-state index in [4.69, 9.17) is 25.8 Å². The van der Waals surface area contributed by atoms with Crippen molar-refractivity contribution in [2.45, 2.75) is 70.6 Å². The first-order valence-electron chi connectivity index (χ1n) is 13.5. The number of carbonyl (C=O) groups is 1. The lowest BCUT2D eigenvalue weighted by atomic mass is 9.78. The molecule has 0 bridgehead atoms. The zero-order chi connectivity index (χ0) is 29.2. The van der Waals surface area contributed by atoms with Crippen LogP contribution in [0.2, 0.25) is 5.02 Å². The summed E-state index contributed by atoms with van der Waals surface area (Å²) in [6, 6.07) is 17.9. The summed E-state index contributed by atoms with van der Waals surface area (Å²) in [4.78, 5) is 17.6. The Morgan fingerprint density at radius 2 is 1.49 bits per heavy atom. The van der Waals surface area contributed by atoms with E-state index in [0.717, 1.165) is 29.7 Å². The highest BCUT2D eigenvalue weighted by molar-refractivity contribution is 6.32. The fourth-order valence-electron chi connectivity index (χ4n) is 4.58. The minimum atomic E-state index is -0.505. The molecule has 2 aromatic heterocycles. The SMILES string of the molecule is CC(C)(C)OC(=O)NC1CC(Oc2ccc(C(C)(C)c3ccc(Oc4cnc(-n5nccn5)c(Cl)c4)cc3)cc2)C1. The number of nitrogens with zero attached hydrogens (tertiary/aromatic N) is 4. The smallest absolute Gasteiger partial charge is 0.407 e. The molecule has 0 aliphatic heterocycles. The van der Waals surface area contributed by atoms with Crippen LogP contribution >= 0.6 is 11.6 Å². The molecule has 0 unspecified atom stereocenters. The molecule has 1 N–H and O–H groups in total. The van der Waals surface area contributed by atoms with Crippen LogP contribution in [0.4, 0.5) is 4.79 Å². The Morgan fingerprint density at radius 1 is 0.902 bits per heavy atom. The van der Waals surface area contributed by atoms with E-state index in [-0.39, 0.29) is 23.7 Å². The van der Waals surface area contributed by atoms with Gasteiger partial charge in [-0.3, -0.25) is 0 Å². The second-order valence-corrected chi connectivity index (χ2v) is 12.0. The van der Waals surface area contributed by atoms with Crippen molar-refractivity contribution in [3.8, 4) is 23.1 Å². The Morgan fingerprint density at radius 3 is 2.05 bits per heavy atom. The highest BCUT2D eigenvalue weighted by atomic mass is 35.5. The van der Waals surface area contributed by atoms with E-state index < -0.39 is 5.60 Å². The third-order valence-corrected chi connectivity index (χ3v) is 7.19. The molecule has 5 rings (SSSR count). The zero-order valence-electron chi connectivity index (χ0n) is 23.8. The van der Waals surface area contributed by atoms with Gasteiger partial charge in [0.1, 0.15) is 29.0 Å². The fraction of sp³-hybridized carbons (Fsp3) is 0.355. The molecule has 214 valence electrons. The Kier molecular flexibility index (Phi) is 7.91. The van der Waals surface area contributed by atoms with Crippen LogP contribution < -0.4 is 14.8 Å². The number of halogens is 1. The fourth-order valence-corrected chi connectivity index (χ4v) is 4.81. The van der Waals surface area contributed by atoms with Crippen molar-refractivity contribution in [2.75, 3.05) is 0 Å². The van der Waals surface area contributed by atoms with Gasteiger partial charge in [-0.1, -0.05) is 49.7 Å². The Bertz CT molecular complexity index is 1480. The maximum atomic E-state index is 11.9. The third kappa shape index (κ3) is 6.97. The summed E-state index contributed by atoms with van der Waals surface area (Å²) in [5.74, 6) is 2.45. The van der Waals surface area contributed by atoms with Gasteiger partial charge in [0.2, 0.25) is 0 Å². The van der Waals surface area contributed by atoms with E-state index in [1.807, 2.05) is 45.0 Å². The minimum absolute atomic E-state index is 0.0739. The first-order valence-corrected chi connectivity index (χ1v) is 13.9. The summed E-state index contributed by atoms with van der Waals surface area (Å²) in [6.07, 6.45) is 5.92. The number of hydrogen-bond acceptors (Lipinski definition) is 7. The van der Waals surface area contributed by atoms with E-state index in [1.54, 1.807) is 24.7 Å². The molecule has 1 fully saturated rings. The number of rotatable bonds is 8. The second kappa shape index (κ2) is 11.4. The number of nitrogens with one attached hydrogen (secondary N) is 1. The van der Waals surface area contributed by atoms with E-state index in [0.29, 0.717) is 22.3 Å². The maximum Gasteiger partial charge on any atom is 0.407 e. The van der Waals surface area contributed by atoms with Crippen molar-refractivity contribution in [1.29, 1.82) is 0 Å². The molecule has 10 heteroatoms. The van der Waals surface area contributed by atoms with E-state index in [2.05, 4.69) is 58.6 Å². The zero-order valence-corrected chi connectivity index (χ0v) is 24.6. The number of ether oxygens (including phenoxy) is 3. The average molecular weight is 576 g/mol. The lowest BCUT2D eigenvalue weighted by Gasteiger charge is -2.36. The van der Waals surface area contributed by atoms with Gasteiger partial charge < -0.3 is 19.5 Å². The predicted molar refractivity (Wildman–Crippen MR) is 156 cm³/mol. The number of benzene rings is 2. The number of carbonyl (C=O) groups excluding carboxylic acids is 1. The monoisotopic (exact) mass is 575 g/mol. The van der Waals surface area contributed by atoms with Gasteiger partial charge in [-0.25, -0.2) is 9.78 Å². The third-order valence-electron chi connectivity index (χ3n) is 6.91. The molecule has 0 spiro atoms. The van der Waals surface area contributed by atoms with Crippen LogP contribution in [0.1, 0.15) is 58.6 Å². The topological polar surface area (TPSA) is 100 Å².